The molecule has 1 atom stereocenters. The summed E-state index contributed by atoms with van der Waals surface area (Å²) in [5.41, 5.74) is 0.583. The molecule has 29 heavy (non-hydrogen) atoms. The minimum Gasteiger partial charge on any atom is -0.387 e. The summed E-state index contributed by atoms with van der Waals surface area (Å²) in [5, 5.41) is 3.97. The van der Waals surface area contributed by atoms with Crippen molar-refractivity contribution in [1.29, 1.82) is 0 Å². The third-order valence-electron chi connectivity index (χ3n) is 5.05. The SMILES string of the molecule is O=C(C1=NOC(c2ccccc2)C1)N1CCN(c2ccc(C(F)(F)F)cn2)CC1. The van der Waals surface area contributed by atoms with Crippen molar-refractivity contribution in [3.05, 3.63) is 59.8 Å². The van der Waals surface area contributed by atoms with Gasteiger partial charge in [-0.2, -0.15) is 13.2 Å². The maximum Gasteiger partial charge on any atom is 0.417 e. The monoisotopic (exact) mass is 404 g/mol. The van der Waals surface area contributed by atoms with E-state index in [0.717, 1.165) is 17.8 Å². The Labute approximate surface area is 165 Å². The number of anilines is 1. The van der Waals surface area contributed by atoms with Gasteiger partial charge in [-0.3, -0.25) is 4.79 Å². The lowest BCUT2D eigenvalue weighted by Crippen LogP contribution is -2.50. The van der Waals surface area contributed by atoms with Gasteiger partial charge in [0.1, 0.15) is 11.5 Å². The number of piperazine rings is 1. The molecule has 152 valence electrons. The van der Waals surface area contributed by atoms with E-state index < -0.39 is 11.7 Å². The fraction of sp³-hybridized carbons (Fsp3) is 0.350. The highest BCUT2D eigenvalue weighted by Gasteiger charge is 2.33. The number of aromatic nitrogens is 1. The molecule has 4 rings (SSSR count). The summed E-state index contributed by atoms with van der Waals surface area (Å²) in [6.45, 7) is 1.85. The lowest BCUT2D eigenvalue weighted by atomic mass is 10.0. The van der Waals surface area contributed by atoms with Gasteiger partial charge in [0.05, 0.1) is 5.56 Å². The molecule has 0 N–H and O–H groups in total. The molecule has 6 nitrogen and oxygen atoms in total. The topological polar surface area (TPSA) is 58.0 Å². The Kier molecular flexibility index (Phi) is 5.12. The van der Waals surface area contributed by atoms with Crippen LogP contribution in [0.25, 0.3) is 0 Å². The standard InChI is InChI=1S/C20H19F3N4O2/c21-20(22,23)15-6-7-18(24-13-15)26-8-10-27(11-9-26)19(28)16-12-17(29-25-16)14-4-2-1-3-5-14/h1-7,13,17H,8-12H2. The van der Waals surface area contributed by atoms with Crippen LogP contribution in [0.5, 0.6) is 0 Å². The number of halogens is 3. The summed E-state index contributed by atoms with van der Waals surface area (Å²) in [4.78, 5) is 25.6. The number of hydrogen-bond donors (Lipinski definition) is 0. The van der Waals surface area contributed by atoms with E-state index in [4.69, 9.17) is 4.84 Å². The number of carbonyl (C=O) groups excluding carboxylic acids is 1. The van der Waals surface area contributed by atoms with Crippen LogP contribution < -0.4 is 4.90 Å². The van der Waals surface area contributed by atoms with Crippen LogP contribution >= 0.6 is 0 Å². The van der Waals surface area contributed by atoms with Gasteiger partial charge in [-0.05, 0) is 17.7 Å². The number of alkyl halides is 3. The first-order valence-corrected chi connectivity index (χ1v) is 9.27. The number of pyridine rings is 1. The molecule has 1 fully saturated rings. The molecule has 1 amide bonds. The van der Waals surface area contributed by atoms with Crippen LogP contribution in [-0.4, -0.2) is 47.7 Å². The first kappa shape index (κ1) is 19.2. The van der Waals surface area contributed by atoms with Crippen LogP contribution in [0.1, 0.15) is 23.7 Å². The van der Waals surface area contributed by atoms with Gasteiger partial charge in [0, 0.05) is 38.8 Å². The first-order chi connectivity index (χ1) is 13.9. The second-order valence-corrected chi connectivity index (χ2v) is 6.93. The van der Waals surface area contributed by atoms with Crippen LogP contribution in [0.15, 0.2) is 53.8 Å². The smallest absolute Gasteiger partial charge is 0.387 e. The minimum atomic E-state index is -4.40. The van der Waals surface area contributed by atoms with E-state index in [2.05, 4.69) is 10.1 Å². The Balaban J connectivity index is 1.32. The van der Waals surface area contributed by atoms with Crippen LogP contribution in [0.2, 0.25) is 0 Å². The van der Waals surface area contributed by atoms with Gasteiger partial charge in [-0.15, -0.1) is 0 Å². The summed E-state index contributed by atoms with van der Waals surface area (Å²) >= 11 is 0. The molecule has 1 saturated heterocycles. The van der Waals surface area contributed by atoms with Crippen LogP contribution in [-0.2, 0) is 15.8 Å². The number of amides is 1. The van der Waals surface area contributed by atoms with Gasteiger partial charge in [0.25, 0.3) is 5.91 Å². The zero-order valence-electron chi connectivity index (χ0n) is 15.5. The predicted molar refractivity (Wildman–Crippen MR) is 100 cm³/mol. The Morgan fingerprint density at radius 2 is 1.76 bits per heavy atom. The van der Waals surface area contributed by atoms with Crippen molar-refractivity contribution >= 4 is 17.4 Å². The van der Waals surface area contributed by atoms with Crippen molar-refractivity contribution < 1.29 is 22.8 Å². The first-order valence-electron chi connectivity index (χ1n) is 9.27. The predicted octanol–water partition coefficient (Wildman–Crippen LogP) is 3.27. The Morgan fingerprint density at radius 1 is 1.03 bits per heavy atom. The van der Waals surface area contributed by atoms with Gasteiger partial charge in [0.15, 0.2) is 6.10 Å². The average Bonchev–Trinajstić information content (AvgIpc) is 3.24. The molecular weight excluding hydrogens is 385 g/mol. The van der Waals surface area contributed by atoms with E-state index in [1.807, 2.05) is 35.2 Å². The van der Waals surface area contributed by atoms with Gasteiger partial charge in [0.2, 0.25) is 0 Å². The second-order valence-electron chi connectivity index (χ2n) is 6.93. The van der Waals surface area contributed by atoms with E-state index in [1.165, 1.54) is 6.07 Å². The maximum absolute atomic E-state index is 12.7. The quantitative estimate of drug-likeness (QED) is 0.788. The molecule has 1 unspecified atom stereocenters. The van der Waals surface area contributed by atoms with E-state index in [9.17, 15) is 18.0 Å². The molecule has 2 aliphatic rings. The van der Waals surface area contributed by atoms with E-state index in [0.29, 0.717) is 44.1 Å². The van der Waals surface area contributed by atoms with E-state index in [1.54, 1.807) is 4.90 Å². The van der Waals surface area contributed by atoms with Crippen LogP contribution in [0.3, 0.4) is 0 Å². The minimum absolute atomic E-state index is 0.163. The van der Waals surface area contributed by atoms with Gasteiger partial charge in [-0.25, -0.2) is 4.98 Å². The highest BCUT2D eigenvalue weighted by Crippen LogP contribution is 2.30. The number of oxime groups is 1. The molecule has 1 aromatic heterocycles. The Hall–Kier alpha value is -3.10. The number of benzene rings is 1. The van der Waals surface area contributed by atoms with Crippen molar-refractivity contribution in [3.8, 4) is 0 Å². The molecule has 3 heterocycles. The van der Waals surface area contributed by atoms with Crippen molar-refractivity contribution in [2.24, 2.45) is 5.16 Å². The highest BCUT2D eigenvalue weighted by molar-refractivity contribution is 6.39. The van der Waals surface area contributed by atoms with Crippen molar-refractivity contribution in [3.63, 3.8) is 0 Å². The molecule has 1 aromatic carbocycles. The lowest BCUT2D eigenvalue weighted by Gasteiger charge is -2.35. The third kappa shape index (κ3) is 4.18. The Morgan fingerprint density at radius 3 is 2.38 bits per heavy atom. The molecule has 0 aliphatic carbocycles. The summed E-state index contributed by atoms with van der Waals surface area (Å²) in [6.07, 6.45) is -3.41. The number of nitrogens with zero attached hydrogens (tertiary/aromatic N) is 4. The van der Waals surface area contributed by atoms with Gasteiger partial charge < -0.3 is 14.6 Å². The van der Waals surface area contributed by atoms with Crippen LogP contribution in [0.4, 0.5) is 19.0 Å². The van der Waals surface area contributed by atoms with Gasteiger partial charge in [-0.1, -0.05) is 35.5 Å². The van der Waals surface area contributed by atoms with Crippen LogP contribution in [0, 0.1) is 0 Å². The van der Waals surface area contributed by atoms with Crippen molar-refractivity contribution in [1.82, 2.24) is 9.88 Å². The zero-order valence-corrected chi connectivity index (χ0v) is 15.5. The zero-order chi connectivity index (χ0) is 20.4. The number of rotatable bonds is 3. The van der Waals surface area contributed by atoms with Crippen molar-refractivity contribution in [2.45, 2.75) is 18.7 Å². The fourth-order valence-electron chi connectivity index (χ4n) is 3.41. The normalized spacial score (nSPS) is 19.7. The second kappa shape index (κ2) is 7.73. The number of hydrogen-bond acceptors (Lipinski definition) is 5. The summed E-state index contributed by atoms with van der Waals surface area (Å²) in [7, 11) is 0. The van der Waals surface area contributed by atoms with E-state index >= 15 is 0 Å². The molecule has 9 heteroatoms. The molecule has 0 spiro atoms. The third-order valence-corrected chi connectivity index (χ3v) is 5.05. The molecule has 2 aromatic rings. The van der Waals surface area contributed by atoms with Crippen molar-refractivity contribution in [2.75, 3.05) is 31.1 Å². The average molecular weight is 404 g/mol. The number of carbonyl (C=O) groups is 1. The van der Waals surface area contributed by atoms with E-state index in [-0.39, 0.29) is 12.0 Å². The molecule has 0 bridgehead atoms. The largest absolute Gasteiger partial charge is 0.417 e. The summed E-state index contributed by atoms with van der Waals surface area (Å²) in [6, 6.07) is 12.0. The highest BCUT2D eigenvalue weighted by atomic mass is 19.4. The molecule has 0 radical (unpaired) electrons. The maximum atomic E-state index is 12.7. The molecule has 2 aliphatic heterocycles. The lowest BCUT2D eigenvalue weighted by molar-refractivity contribution is -0.137. The molecular formula is C20H19F3N4O2. The fourth-order valence-corrected chi connectivity index (χ4v) is 3.41. The summed E-state index contributed by atoms with van der Waals surface area (Å²) < 4.78 is 38.0. The summed E-state index contributed by atoms with van der Waals surface area (Å²) in [5.74, 6) is 0.305. The van der Waals surface area contributed by atoms with Gasteiger partial charge >= 0.3 is 6.18 Å². The Bertz CT molecular complexity index is 892. The molecule has 0 saturated carbocycles.